The maximum atomic E-state index is 12.0. The van der Waals surface area contributed by atoms with Gasteiger partial charge in [0.2, 0.25) is 0 Å². The molecule has 0 amide bonds. The van der Waals surface area contributed by atoms with E-state index in [-0.39, 0.29) is 12.5 Å². The maximum Gasteiger partial charge on any atom is 0.389 e. The molecule has 104 valence electrons. The predicted molar refractivity (Wildman–Crippen MR) is 67.9 cm³/mol. The molecule has 2 nitrogen and oxygen atoms in total. The molecular formula is C12H19F3N2S. The van der Waals surface area contributed by atoms with Crippen molar-refractivity contribution in [2.45, 2.75) is 51.2 Å². The molecule has 0 spiro atoms. The molecule has 0 aliphatic rings. The molecule has 1 rings (SSSR count). The van der Waals surface area contributed by atoms with Crippen molar-refractivity contribution in [2.75, 3.05) is 6.54 Å². The van der Waals surface area contributed by atoms with Gasteiger partial charge in [-0.1, -0.05) is 6.92 Å². The van der Waals surface area contributed by atoms with E-state index in [1.54, 1.807) is 17.5 Å². The van der Waals surface area contributed by atoms with Gasteiger partial charge >= 0.3 is 6.18 Å². The summed E-state index contributed by atoms with van der Waals surface area (Å²) in [5.41, 5.74) is 0. The van der Waals surface area contributed by atoms with Crippen molar-refractivity contribution in [1.82, 2.24) is 10.3 Å². The van der Waals surface area contributed by atoms with Crippen LogP contribution in [0.2, 0.25) is 0 Å². The number of thiazole rings is 1. The van der Waals surface area contributed by atoms with Crippen LogP contribution in [0.3, 0.4) is 0 Å². The van der Waals surface area contributed by atoms with Crippen molar-refractivity contribution in [3.05, 3.63) is 16.6 Å². The number of hydrogen-bond donors (Lipinski definition) is 1. The minimum atomic E-state index is -4.03. The first-order valence-corrected chi connectivity index (χ1v) is 6.96. The molecule has 0 saturated carbocycles. The van der Waals surface area contributed by atoms with E-state index in [1.165, 1.54) is 0 Å². The van der Waals surface area contributed by atoms with E-state index in [1.807, 2.05) is 12.3 Å². The molecular weight excluding hydrogens is 261 g/mol. The molecule has 18 heavy (non-hydrogen) atoms. The highest BCUT2D eigenvalue weighted by molar-refractivity contribution is 7.09. The van der Waals surface area contributed by atoms with Gasteiger partial charge in [0.15, 0.2) is 0 Å². The molecule has 0 aliphatic carbocycles. The van der Waals surface area contributed by atoms with E-state index in [0.29, 0.717) is 12.3 Å². The molecule has 0 radical (unpaired) electrons. The second-order valence-electron chi connectivity index (χ2n) is 4.59. The van der Waals surface area contributed by atoms with Crippen molar-refractivity contribution in [2.24, 2.45) is 0 Å². The Hall–Kier alpha value is -0.620. The number of aromatic nitrogens is 1. The number of hydrogen-bond acceptors (Lipinski definition) is 3. The summed E-state index contributed by atoms with van der Waals surface area (Å²) in [7, 11) is 0. The molecule has 1 aromatic heterocycles. The van der Waals surface area contributed by atoms with Gasteiger partial charge in [-0.25, -0.2) is 4.98 Å². The van der Waals surface area contributed by atoms with Gasteiger partial charge in [0, 0.05) is 36.5 Å². The van der Waals surface area contributed by atoms with Crippen LogP contribution in [0.15, 0.2) is 11.6 Å². The van der Waals surface area contributed by atoms with E-state index in [2.05, 4.69) is 17.2 Å². The van der Waals surface area contributed by atoms with Crippen molar-refractivity contribution >= 4 is 11.3 Å². The van der Waals surface area contributed by atoms with Crippen LogP contribution in [-0.2, 0) is 0 Å². The lowest BCUT2D eigenvalue weighted by Crippen LogP contribution is -2.29. The average molecular weight is 280 g/mol. The van der Waals surface area contributed by atoms with E-state index >= 15 is 0 Å². The van der Waals surface area contributed by atoms with Crippen LogP contribution >= 0.6 is 11.3 Å². The molecule has 0 fully saturated rings. The smallest absolute Gasteiger partial charge is 0.314 e. The fourth-order valence-electron chi connectivity index (χ4n) is 1.65. The number of rotatable bonds is 7. The number of nitrogens with one attached hydrogen (secondary N) is 1. The molecule has 2 unspecified atom stereocenters. The minimum absolute atomic E-state index is 0.106. The Kier molecular flexibility index (Phi) is 6.08. The minimum Gasteiger partial charge on any atom is -0.314 e. The third-order valence-corrected chi connectivity index (χ3v) is 3.75. The first-order chi connectivity index (χ1) is 8.38. The molecule has 2 atom stereocenters. The summed E-state index contributed by atoms with van der Waals surface area (Å²) < 4.78 is 35.9. The molecule has 0 aliphatic heterocycles. The van der Waals surface area contributed by atoms with Crippen molar-refractivity contribution in [1.29, 1.82) is 0 Å². The lowest BCUT2D eigenvalue weighted by atomic mass is 10.1. The normalized spacial score (nSPS) is 15.6. The molecule has 1 heterocycles. The molecule has 1 aromatic rings. The Morgan fingerprint density at radius 3 is 2.67 bits per heavy atom. The van der Waals surface area contributed by atoms with E-state index in [4.69, 9.17) is 0 Å². The van der Waals surface area contributed by atoms with Gasteiger partial charge in [-0.05, 0) is 19.8 Å². The van der Waals surface area contributed by atoms with Crippen LogP contribution in [-0.4, -0.2) is 23.7 Å². The summed E-state index contributed by atoms with van der Waals surface area (Å²) in [5, 5.41) is 6.25. The van der Waals surface area contributed by atoms with Gasteiger partial charge in [-0.15, -0.1) is 11.3 Å². The van der Waals surface area contributed by atoms with Gasteiger partial charge in [0.25, 0.3) is 0 Å². The number of alkyl halides is 3. The quantitative estimate of drug-likeness (QED) is 0.818. The zero-order chi connectivity index (χ0) is 13.6. The largest absolute Gasteiger partial charge is 0.389 e. The van der Waals surface area contributed by atoms with Crippen LogP contribution in [0.4, 0.5) is 13.2 Å². The summed E-state index contributed by atoms with van der Waals surface area (Å²) in [6, 6.07) is 0.106. The van der Waals surface area contributed by atoms with Crippen molar-refractivity contribution in [3.63, 3.8) is 0 Å². The van der Waals surface area contributed by atoms with Gasteiger partial charge in [-0.2, -0.15) is 13.2 Å². The number of nitrogens with zero attached hydrogens (tertiary/aromatic N) is 1. The van der Waals surface area contributed by atoms with E-state index in [9.17, 15) is 13.2 Å². The monoisotopic (exact) mass is 280 g/mol. The molecule has 6 heteroatoms. The maximum absolute atomic E-state index is 12.0. The molecule has 0 aromatic carbocycles. The van der Waals surface area contributed by atoms with Gasteiger partial charge in [0.05, 0.1) is 5.01 Å². The van der Waals surface area contributed by atoms with Gasteiger partial charge in [0.1, 0.15) is 0 Å². The third-order valence-electron chi connectivity index (χ3n) is 2.74. The lowest BCUT2D eigenvalue weighted by molar-refractivity contribution is -0.135. The topological polar surface area (TPSA) is 24.9 Å². The van der Waals surface area contributed by atoms with Crippen molar-refractivity contribution < 1.29 is 13.2 Å². The van der Waals surface area contributed by atoms with Crippen LogP contribution < -0.4 is 5.32 Å². The summed E-state index contributed by atoms with van der Waals surface area (Å²) in [4.78, 5) is 4.22. The fraction of sp³-hybridized carbons (Fsp3) is 0.750. The van der Waals surface area contributed by atoms with E-state index < -0.39 is 12.6 Å². The Balaban J connectivity index is 2.15. The summed E-state index contributed by atoms with van der Waals surface area (Å²) in [5.74, 6) is 0.301. The SMILES string of the molecule is CC(CCCC(F)(F)F)NCC(C)c1nccs1. The zero-order valence-corrected chi connectivity index (χ0v) is 11.4. The highest BCUT2D eigenvalue weighted by Gasteiger charge is 2.26. The van der Waals surface area contributed by atoms with Crippen LogP contribution in [0, 0.1) is 0 Å². The first-order valence-electron chi connectivity index (χ1n) is 6.08. The Morgan fingerprint density at radius 1 is 1.39 bits per heavy atom. The fourth-order valence-corrected chi connectivity index (χ4v) is 2.35. The van der Waals surface area contributed by atoms with Gasteiger partial charge < -0.3 is 5.32 Å². The molecule has 0 saturated heterocycles. The highest BCUT2D eigenvalue weighted by Crippen LogP contribution is 2.23. The van der Waals surface area contributed by atoms with Gasteiger partial charge in [-0.3, -0.25) is 0 Å². The van der Waals surface area contributed by atoms with E-state index in [0.717, 1.165) is 11.6 Å². The first kappa shape index (κ1) is 15.4. The summed E-state index contributed by atoms with van der Waals surface area (Å²) in [6.45, 7) is 4.74. The molecule has 1 N–H and O–H groups in total. The standard InChI is InChI=1S/C12H19F3N2S/c1-9(11-16-6-7-18-11)8-17-10(2)4-3-5-12(13,14)15/h6-7,9-10,17H,3-5,8H2,1-2H3. The third kappa shape index (κ3) is 6.35. The Bertz CT molecular complexity index is 325. The molecule has 0 bridgehead atoms. The Morgan fingerprint density at radius 2 is 2.11 bits per heavy atom. The van der Waals surface area contributed by atoms with Crippen molar-refractivity contribution in [3.8, 4) is 0 Å². The number of halogens is 3. The second kappa shape index (κ2) is 7.09. The Labute approximate surface area is 110 Å². The second-order valence-corrected chi connectivity index (χ2v) is 5.51. The highest BCUT2D eigenvalue weighted by atomic mass is 32.1. The van der Waals surface area contributed by atoms with Crippen LogP contribution in [0.1, 0.15) is 44.0 Å². The summed E-state index contributed by atoms with van der Waals surface area (Å²) in [6.07, 6.45) is -2.23. The average Bonchev–Trinajstić information content (AvgIpc) is 2.77. The lowest BCUT2D eigenvalue weighted by Gasteiger charge is -2.16. The zero-order valence-electron chi connectivity index (χ0n) is 10.6. The van der Waals surface area contributed by atoms with Crippen LogP contribution in [0.25, 0.3) is 0 Å². The predicted octanol–water partition coefficient (Wildman–Crippen LogP) is 3.96. The van der Waals surface area contributed by atoms with Crippen LogP contribution in [0.5, 0.6) is 0 Å². The summed E-state index contributed by atoms with van der Waals surface area (Å²) >= 11 is 1.60.